The molecule has 2 N–H and O–H groups in total. The number of amides is 1. The van der Waals surface area contributed by atoms with Gasteiger partial charge in [-0.1, -0.05) is 11.8 Å². The number of halogens is 1. The number of carbonyl (C=O) groups is 3. The zero-order chi connectivity index (χ0) is 27.9. The molecule has 3 aromatic rings. The smallest absolute Gasteiger partial charge is 0.341 e. The van der Waals surface area contributed by atoms with Gasteiger partial charge in [-0.15, -0.1) is 5.10 Å². The Balaban J connectivity index is 1.57. The molecule has 1 saturated heterocycles. The van der Waals surface area contributed by atoms with Crippen molar-refractivity contribution in [2.45, 2.75) is 11.7 Å². The number of hydrogen-bond donors (Lipinski definition) is 2. The van der Waals surface area contributed by atoms with Crippen molar-refractivity contribution >= 4 is 46.5 Å². The third-order valence-electron chi connectivity index (χ3n) is 5.47. The number of anilines is 1. The van der Waals surface area contributed by atoms with Crippen molar-refractivity contribution in [3.05, 3.63) is 83.7 Å². The van der Waals surface area contributed by atoms with E-state index in [2.05, 4.69) is 10.2 Å². The Morgan fingerprint density at radius 2 is 1.79 bits per heavy atom. The summed E-state index contributed by atoms with van der Waals surface area (Å²) in [6, 6.07) is 15.8. The maximum absolute atomic E-state index is 13.3. The number of thioether (sulfide) groups is 1. The average Bonchev–Trinajstić information content (AvgIpc) is 3.22. The van der Waals surface area contributed by atoms with Gasteiger partial charge >= 0.3 is 5.97 Å². The first-order valence-electron chi connectivity index (χ1n) is 11.5. The van der Waals surface area contributed by atoms with Gasteiger partial charge in [0.1, 0.15) is 11.6 Å². The van der Waals surface area contributed by atoms with Crippen molar-refractivity contribution in [2.24, 2.45) is 10.2 Å². The molecule has 10 nitrogen and oxygen atoms in total. The summed E-state index contributed by atoms with van der Waals surface area (Å²) in [6.45, 7) is -0.527. The number of amidine groups is 1. The van der Waals surface area contributed by atoms with Crippen LogP contribution < -0.4 is 14.4 Å². The number of phenolic OH excluding ortho intramolecular Hbond substituents is 1. The molecule has 200 valence electrons. The minimum Gasteiger partial charge on any atom is -0.508 e. The fourth-order valence-electron chi connectivity index (χ4n) is 3.60. The second-order valence-electron chi connectivity index (χ2n) is 8.15. The molecule has 1 fully saturated rings. The zero-order valence-corrected chi connectivity index (χ0v) is 21.3. The molecule has 4 rings (SSSR count). The monoisotopic (exact) mass is 551 g/mol. The first-order valence-corrected chi connectivity index (χ1v) is 12.3. The Kier molecular flexibility index (Phi) is 8.56. The number of ether oxygens (including phenoxy) is 2. The van der Waals surface area contributed by atoms with Gasteiger partial charge in [0.15, 0.2) is 29.1 Å². The van der Waals surface area contributed by atoms with E-state index in [-0.39, 0.29) is 34.4 Å². The van der Waals surface area contributed by atoms with Crippen LogP contribution in [-0.4, -0.2) is 58.2 Å². The quantitative estimate of drug-likeness (QED) is 0.218. The number of benzene rings is 3. The molecule has 1 aliphatic heterocycles. The highest BCUT2D eigenvalue weighted by molar-refractivity contribution is 8.16. The molecular weight excluding hydrogens is 529 g/mol. The predicted octanol–water partition coefficient (Wildman–Crippen LogP) is 4.11. The van der Waals surface area contributed by atoms with Crippen LogP contribution in [-0.2, 0) is 9.59 Å². The lowest BCUT2D eigenvalue weighted by Gasteiger charge is -2.15. The van der Waals surface area contributed by atoms with Crippen molar-refractivity contribution in [3.8, 4) is 17.2 Å². The standard InChI is InChI=1S/C27H22FN3O7S/c1-37-23-12-16(2-11-22(23)38-15-25(34)35)14-29-30-27-31(19-7-9-20(32)10-8-19)26(36)24(39-27)13-21(33)17-3-5-18(28)6-4-17/h2-12,14,24,32H,13,15H2,1H3,(H,34,35)/b29-14-,30-27-/t24-/m0/s1. The highest BCUT2D eigenvalue weighted by atomic mass is 32.2. The number of aromatic hydroxyl groups is 1. The number of carbonyl (C=O) groups excluding carboxylic acids is 2. The second-order valence-corrected chi connectivity index (χ2v) is 9.32. The van der Waals surface area contributed by atoms with E-state index in [1.165, 1.54) is 72.8 Å². The van der Waals surface area contributed by atoms with E-state index in [1.807, 2.05) is 0 Å². The van der Waals surface area contributed by atoms with E-state index >= 15 is 0 Å². The number of Topliss-reactive ketones (excluding diaryl/α,β-unsaturated/α-hetero) is 1. The van der Waals surface area contributed by atoms with Gasteiger partial charge in [-0.2, -0.15) is 5.10 Å². The Bertz CT molecular complexity index is 1440. The minimum atomic E-state index is -1.13. The number of nitrogens with zero attached hydrogens (tertiary/aromatic N) is 3. The van der Waals surface area contributed by atoms with Crippen molar-refractivity contribution < 1.29 is 38.5 Å². The van der Waals surface area contributed by atoms with Crippen LogP contribution in [0.2, 0.25) is 0 Å². The number of carboxylic acid groups (broad SMARTS) is 1. The van der Waals surface area contributed by atoms with E-state index in [1.54, 1.807) is 12.1 Å². The minimum absolute atomic E-state index is 0.0160. The molecule has 1 atom stereocenters. The molecule has 0 saturated carbocycles. The summed E-state index contributed by atoms with van der Waals surface area (Å²) < 4.78 is 23.7. The Morgan fingerprint density at radius 1 is 1.08 bits per heavy atom. The van der Waals surface area contributed by atoms with Gasteiger partial charge in [0.2, 0.25) is 5.91 Å². The van der Waals surface area contributed by atoms with Gasteiger partial charge in [-0.25, -0.2) is 9.18 Å². The van der Waals surface area contributed by atoms with E-state index in [0.29, 0.717) is 17.0 Å². The van der Waals surface area contributed by atoms with Crippen LogP contribution in [0, 0.1) is 5.82 Å². The lowest BCUT2D eigenvalue weighted by atomic mass is 10.1. The van der Waals surface area contributed by atoms with Gasteiger partial charge in [-0.05, 0) is 72.3 Å². The van der Waals surface area contributed by atoms with Crippen LogP contribution in [0.3, 0.4) is 0 Å². The molecule has 0 radical (unpaired) electrons. The molecule has 0 spiro atoms. The summed E-state index contributed by atoms with van der Waals surface area (Å²) in [5.74, 6) is -1.76. The van der Waals surface area contributed by atoms with Crippen LogP contribution in [0.15, 0.2) is 76.9 Å². The predicted molar refractivity (Wildman–Crippen MR) is 143 cm³/mol. The molecule has 1 amide bonds. The first-order chi connectivity index (χ1) is 18.7. The second kappa shape index (κ2) is 12.2. The lowest BCUT2D eigenvalue weighted by Crippen LogP contribution is -2.32. The maximum atomic E-state index is 13.3. The number of rotatable bonds is 10. The fraction of sp³-hybridized carbons (Fsp3) is 0.148. The maximum Gasteiger partial charge on any atom is 0.341 e. The lowest BCUT2D eigenvalue weighted by molar-refractivity contribution is -0.139. The number of ketones is 1. The Labute approximate surface area is 226 Å². The molecule has 1 aliphatic rings. The number of phenols is 1. The van der Waals surface area contributed by atoms with E-state index in [4.69, 9.17) is 14.6 Å². The average molecular weight is 552 g/mol. The van der Waals surface area contributed by atoms with E-state index < -0.39 is 29.6 Å². The summed E-state index contributed by atoms with van der Waals surface area (Å²) in [4.78, 5) is 38.1. The molecule has 0 bridgehead atoms. The summed E-state index contributed by atoms with van der Waals surface area (Å²) in [6.07, 6.45) is 1.27. The third kappa shape index (κ3) is 6.79. The van der Waals surface area contributed by atoms with Crippen molar-refractivity contribution in [3.63, 3.8) is 0 Å². The molecule has 39 heavy (non-hydrogen) atoms. The summed E-state index contributed by atoms with van der Waals surface area (Å²) >= 11 is 1.06. The van der Waals surface area contributed by atoms with Crippen LogP contribution in [0.25, 0.3) is 0 Å². The van der Waals surface area contributed by atoms with Gasteiger partial charge < -0.3 is 19.7 Å². The van der Waals surface area contributed by atoms with Crippen molar-refractivity contribution in [2.75, 3.05) is 18.6 Å². The van der Waals surface area contributed by atoms with Crippen LogP contribution in [0.4, 0.5) is 10.1 Å². The number of methoxy groups -OCH3 is 1. The van der Waals surface area contributed by atoms with Gasteiger partial charge in [0.25, 0.3) is 0 Å². The first kappa shape index (κ1) is 27.3. The molecular formula is C27H22FN3O7S. The molecule has 1 heterocycles. The number of hydrogen-bond acceptors (Lipinski definition) is 9. The van der Waals surface area contributed by atoms with Gasteiger partial charge in [0.05, 0.1) is 24.3 Å². The van der Waals surface area contributed by atoms with Crippen LogP contribution in [0.5, 0.6) is 17.2 Å². The highest BCUT2D eigenvalue weighted by Gasteiger charge is 2.40. The fourth-order valence-corrected chi connectivity index (χ4v) is 4.69. The van der Waals surface area contributed by atoms with Gasteiger partial charge in [0, 0.05) is 12.0 Å². The zero-order valence-electron chi connectivity index (χ0n) is 20.5. The topological polar surface area (TPSA) is 138 Å². The molecule has 12 heteroatoms. The normalized spacial score (nSPS) is 16.2. The summed E-state index contributed by atoms with van der Waals surface area (Å²) in [7, 11) is 1.41. The van der Waals surface area contributed by atoms with E-state index in [9.17, 15) is 23.9 Å². The molecule has 0 aliphatic carbocycles. The third-order valence-corrected chi connectivity index (χ3v) is 6.60. The van der Waals surface area contributed by atoms with Crippen LogP contribution >= 0.6 is 11.8 Å². The molecule has 3 aromatic carbocycles. The van der Waals surface area contributed by atoms with E-state index in [0.717, 1.165) is 11.8 Å². The van der Waals surface area contributed by atoms with Crippen LogP contribution in [0.1, 0.15) is 22.3 Å². The van der Waals surface area contributed by atoms with Crippen molar-refractivity contribution in [1.82, 2.24) is 0 Å². The number of carboxylic acids is 1. The molecule has 0 unspecified atom stereocenters. The Hall–Kier alpha value is -4.71. The SMILES string of the molecule is COc1cc(/C=N\N=C2/S[C@@H](CC(=O)c3ccc(F)cc3)C(=O)N2c2ccc(O)cc2)ccc1OCC(=O)O. The summed E-state index contributed by atoms with van der Waals surface area (Å²) in [5.41, 5.74) is 1.28. The Morgan fingerprint density at radius 3 is 2.46 bits per heavy atom. The summed E-state index contributed by atoms with van der Waals surface area (Å²) in [5, 5.41) is 26.2. The largest absolute Gasteiger partial charge is 0.508 e. The molecule has 0 aromatic heterocycles. The van der Waals surface area contributed by atoms with Crippen molar-refractivity contribution in [1.29, 1.82) is 0 Å². The highest BCUT2D eigenvalue weighted by Crippen LogP contribution is 2.35. The number of aliphatic carboxylic acids is 1. The van der Waals surface area contributed by atoms with Gasteiger partial charge in [-0.3, -0.25) is 14.5 Å².